The first-order valence-electron chi connectivity index (χ1n) is 16.8. The summed E-state index contributed by atoms with van der Waals surface area (Å²) in [6.45, 7) is 8.40. The van der Waals surface area contributed by atoms with Gasteiger partial charge in [0, 0.05) is 44.4 Å². The number of ketones is 2. The van der Waals surface area contributed by atoms with Crippen LogP contribution in [0.4, 0.5) is 4.79 Å². The van der Waals surface area contributed by atoms with Crippen molar-refractivity contribution >= 4 is 29.8 Å². The van der Waals surface area contributed by atoms with Crippen LogP contribution < -0.4 is 11.1 Å². The molecule has 6 unspecified atom stereocenters. The molecule has 270 valence electrons. The summed E-state index contributed by atoms with van der Waals surface area (Å²) >= 11 is 0. The molecule has 2 bridgehead atoms. The Balaban J connectivity index is 2.15. The number of ether oxygens (including phenoxy) is 4. The molecular weight excluding hydrogens is 632 g/mol. The van der Waals surface area contributed by atoms with E-state index in [0.29, 0.717) is 25.1 Å². The number of fused-ring (bicyclic) bond motifs is 2. The highest BCUT2D eigenvalue weighted by molar-refractivity contribution is 6.32. The Morgan fingerprint density at radius 3 is 2.31 bits per heavy atom. The molecule has 3 rings (SSSR count). The Bertz CT molecular complexity index is 1420. The van der Waals surface area contributed by atoms with Gasteiger partial charge >= 0.3 is 6.09 Å². The van der Waals surface area contributed by atoms with E-state index in [1.807, 2.05) is 11.9 Å². The van der Waals surface area contributed by atoms with Gasteiger partial charge in [-0.2, -0.15) is 5.10 Å². The van der Waals surface area contributed by atoms with Gasteiger partial charge in [-0.3, -0.25) is 19.4 Å². The van der Waals surface area contributed by atoms with Gasteiger partial charge in [0.05, 0.1) is 31.1 Å². The van der Waals surface area contributed by atoms with Crippen molar-refractivity contribution in [2.24, 2.45) is 22.7 Å². The van der Waals surface area contributed by atoms with Crippen molar-refractivity contribution in [3.63, 3.8) is 0 Å². The number of nitrogens with one attached hydrogen (secondary N) is 1. The molecule has 4 N–H and O–H groups in total. The SMILES string of the molecule is COC1=C2CC(C)CC(OC)C(O)C(C)C=C(C)C(OC(N)=O)C(OC)C=CC=C(C)C(=O)NC(=C(/C=N/N3CCCCCC3)C1=O)C2=O. The Morgan fingerprint density at radius 1 is 1.04 bits per heavy atom. The molecule has 13 heteroatoms. The first kappa shape index (κ1) is 39.4. The van der Waals surface area contributed by atoms with Crippen molar-refractivity contribution in [3.05, 3.63) is 58.1 Å². The van der Waals surface area contributed by atoms with Crippen LogP contribution in [-0.4, -0.2) is 98.7 Å². The number of hydrazone groups is 1. The number of nitrogens with two attached hydrogens (primary N) is 1. The molecule has 13 nitrogen and oxygen atoms in total. The Kier molecular flexibility index (Phi) is 15.0. The minimum absolute atomic E-state index is 0.0727. The van der Waals surface area contributed by atoms with Crippen LogP contribution in [0, 0.1) is 11.8 Å². The second-order valence-corrected chi connectivity index (χ2v) is 12.9. The van der Waals surface area contributed by atoms with Crippen molar-refractivity contribution in [3.8, 4) is 0 Å². The molecule has 49 heavy (non-hydrogen) atoms. The topological polar surface area (TPSA) is 179 Å². The molecule has 2 amide bonds. The van der Waals surface area contributed by atoms with Gasteiger partial charge in [-0.25, -0.2) is 4.79 Å². The second-order valence-electron chi connectivity index (χ2n) is 12.9. The first-order chi connectivity index (χ1) is 23.3. The van der Waals surface area contributed by atoms with Crippen LogP contribution in [0.15, 0.2) is 63.2 Å². The van der Waals surface area contributed by atoms with Crippen LogP contribution in [0.5, 0.6) is 0 Å². The van der Waals surface area contributed by atoms with E-state index in [1.54, 1.807) is 39.0 Å². The van der Waals surface area contributed by atoms with E-state index in [2.05, 4.69) is 10.4 Å². The molecule has 0 aromatic carbocycles. The second kappa shape index (κ2) is 18.6. The number of aliphatic hydroxyl groups excluding tert-OH is 1. The average Bonchev–Trinajstić information content (AvgIpc) is 3.34. The van der Waals surface area contributed by atoms with Crippen molar-refractivity contribution in [1.29, 1.82) is 0 Å². The third-order valence-electron chi connectivity index (χ3n) is 9.07. The number of nitrogens with zero attached hydrogens (tertiary/aromatic N) is 2. The van der Waals surface area contributed by atoms with E-state index in [1.165, 1.54) is 33.6 Å². The van der Waals surface area contributed by atoms with E-state index in [9.17, 15) is 24.3 Å². The maximum absolute atomic E-state index is 14.2. The van der Waals surface area contributed by atoms with Gasteiger partial charge in [-0.15, -0.1) is 0 Å². The number of primary amides is 1. The molecule has 0 radical (unpaired) electrons. The molecule has 1 saturated heterocycles. The van der Waals surface area contributed by atoms with Crippen LogP contribution in [0.1, 0.15) is 66.2 Å². The zero-order valence-electron chi connectivity index (χ0n) is 29.7. The molecule has 0 spiro atoms. The fourth-order valence-electron chi connectivity index (χ4n) is 6.30. The summed E-state index contributed by atoms with van der Waals surface area (Å²) in [6.07, 6.45) is 7.89. The first-order valence-corrected chi connectivity index (χ1v) is 16.8. The molecule has 1 fully saturated rings. The number of carbonyl (C=O) groups excluding carboxylic acids is 4. The summed E-state index contributed by atoms with van der Waals surface area (Å²) in [5.74, 6) is -2.57. The maximum Gasteiger partial charge on any atom is 0.405 e. The monoisotopic (exact) mass is 684 g/mol. The van der Waals surface area contributed by atoms with Crippen LogP contribution in [0.3, 0.4) is 0 Å². The van der Waals surface area contributed by atoms with Crippen LogP contribution >= 0.6 is 0 Å². The Hall–Kier alpha value is -4.07. The zero-order valence-corrected chi connectivity index (χ0v) is 29.7. The van der Waals surface area contributed by atoms with E-state index >= 15 is 0 Å². The molecule has 6 atom stereocenters. The Labute approximate surface area is 288 Å². The fourth-order valence-corrected chi connectivity index (χ4v) is 6.30. The summed E-state index contributed by atoms with van der Waals surface area (Å²) in [4.78, 5) is 53.5. The summed E-state index contributed by atoms with van der Waals surface area (Å²) < 4.78 is 22.3. The number of amides is 2. The van der Waals surface area contributed by atoms with E-state index < -0.39 is 53.9 Å². The van der Waals surface area contributed by atoms with E-state index in [4.69, 9.17) is 24.7 Å². The van der Waals surface area contributed by atoms with Gasteiger partial charge < -0.3 is 35.1 Å². The van der Waals surface area contributed by atoms with Gasteiger partial charge in [0.1, 0.15) is 11.8 Å². The van der Waals surface area contributed by atoms with Gasteiger partial charge in [-0.1, -0.05) is 51.0 Å². The lowest BCUT2D eigenvalue weighted by Gasteiger charge is -2.30. The van der Waals surface area contributed by atoms with Crippen molar-refractivity contribution in [2.75, 3.05) is 34.4 Å². The van der Waals surface area contributed by atoms with Crippen LogP contribution in [0.2, 0.25) is 0 Å². The predicted molar refractivity (Wildman–Crippen MR) is 184 cm³/mol. The smallest absolute Gasteiger partial charge is 0.405 e. The minimum atomic E-state index is -1.01. The molecule has 0 aromatic heterocycles. The lowest BCUT2D eigenvalue weighted by atomic mass is 9.84. The number of hydrogen-bond acceptors (Lipinski definition) is 11. The highest BCUT2D eigenvalue weighted by Crippen LogP contribution is 2.31. The zero-order chi connectivity index (χ0) is 36.2. The third kappa shape index (κ3) is 10.5. The number of aliphatic hydroxyl groups is 1. The van der Waals surface area contributed by atoms with Gasteiger partial charge in [0.2, 0.25) is 11.6 Å². The maximum atomic E-state index is 14.2. The number of carbonyl (C=O) groups is 4. The lowest BCUT2D eigenvalue weighted by Crippen LogP contribution is -2.38. The fraction of sp³-hybridized carbons (Fsp3) is 0.583. The molecule has 0 saturated carbocycles. The standard InChI is InChI=1S/C36H52N4O9/c1-21-17-25-31(42)29(26(32(43)34(25)48-7)20-38-40-15-10-8-9-11-16-40)39-35(44)22(2)13-12-14-27(46-5)33(49-36(37)45)24(4)19-23(3)30(41)28(18-21)47-6/h12-14,19-21,23,27-28,30,33,41H,8-11,15-18H2,1-7H3,(H2,37,45)(H,39,44)/b14-12?,22-13?,24-19?,38-20+. The number of Topliss-reactive ketones (excluding diaryl/α,β-unsaturated/α-hetero) is 2. The van der Waals surface area contributed by atoms with Crippen molar-refractivity contribution in [1.82, 2.24) is 10.3 Å². The van der Waals surface area contributed by atoms with E-state index in [-0.39, 0.29) is 40.5 Å². The number of hydrogen-bond donors (Lipinski definition) is 3. The normalized spacial score (nSPS) is 28.7. The summed E-state index contributed by atoms with van der Waals surface area (Å²) in [7, 11) is 4.26. The van der Waals surface area contributed by atoms with Crippen LogP contribution in [0.25, 0.3) is 0 Å². The quantitative estimate of drug-likeness (QED) is 0.213. The summed E-state index contributed by atoms with van der Waals surface area (Å²) in [6, 6.07) is 0. The highest BCUT2D eigenvalue weighted by atomic mass is 16.6. The van der Waals surface area contributed by atoms with Crippen LogP contribution in [-0.2, 0) is 33.3 Å². The molecular formula is C36H52N4O9. The highest BCUT2D eigenvalue weighted by Gasteiger charge is 2.38. The van der Waals surface area contributed by atoms with Crippen molar-refractivity contribution < 1.29 is 43.2 Å². The van der Waals surface area contributed by atoms with E-state index in [0.717, 1.165) is 25.7 Å². The summed E-state index contributed by atoms with van der Waals surface area (Å²) in [5, 5.41) is 20.4. The number of methoxy groups -OCH3 is 3. The number of allylic oxidation sites excluding steroid dienone is 4. The third-order valence-corrected chi connectivity index (χ3v) is 9.07. The molecule has 0 aromatic rings. The Morgan fingerprint density at radius 2 is 1.71 bits per heavy atom. The molecule has 3 aliphatic rings. The van der Waals surface area contributed by atoms with Crippen molar-refractivity contribution in [2.45, 2.75) is 90.6 Å². The minimum Gasteiger partial charge on any atom is -0.492 e. The van der Waals surface area contributed by atoms with Gasteiger partial charge in [0.15, 0.2) is 11.9 Å². The van der Waals surface area contributed by atoms with Gasteiger partial charge in [-0.05, 0) is 51.0 Å². The lowest BCUT2D eigenvalue weighted by molar-refractivity contribution is -0.121. The number of rotatable bonds is 6. The predicted octanol–water partition coefficient (Wildman–Crippen LogP) is 3.64. The average molecular weight is 685 g/mol. The van der Waals surface area contributed by atoms with Gasteiger partial charge in [0.25, 0.3) is 5.91 Å². The largest absolute Gasteiger partial charge is 0.492 e. The summed E-state index contributed by atoms with van der Waals surface area (Å²) in [5.41, 5.74) is 6.05. The molecule has 1 aliphatic carbocycles. The molecule has 2 heterocycles. The molecule has 2 aliphatic heterocycles.